The van der Waals surface area contributed by atoms with Gasteiger partial charge in [-0.1, -0.05) is 23.9 Å². The molecule has 0 bridgehead atoms. The number of aryl methyl sites for hydroxylation is 1. The van der Waals surface area contributed by atoms with E-state index in [1.54, 1.807) is 25.1 Å². The Balaban J connectivity index is 2.40. The Hall–Kier alpha value is -2.41. The van der Waals surface area contributed by atoms with Gasteiger partial charge in [0.15, 0.2) is 0 Å². The lowest BCUT2D eigenvalue weighted by Gasteiger charge is -2.04. The molecule has 0 unspecified atom stereocenters. The fourth-order valence-electron chi connectivity index (χ4n) is 1.62. The van der Waals surface area contributed by atoms with Gasteiger partial charge >= 0.3 is 5.97 Å². The second kappa shape index (κ2) is 5.70. The minimum atomic E-state index is -1.06. The van der Waals surface area contributed by atoms with Crippen LogP contribution in [0.4, 0.5) is 5.69 Å². The highest BCUT2D eigenvalue weighted by Crippen LogP contribution is 2.33. The van der Waals surface area contributed by atoms with E-state index in [1.165, 1.54) is 18.2 Å². The summed E-state index contributed by atoms with van der Waals surface area (Å²) in [5, 5.41) is 20.3. The van der Waals surface area contributed by atoms with Crippen molar-refractivity contribution in [1.29, 1.82) is 0 Å². The van der Waals surface area contributed by atoms with Gasteiger partial charge in [-0.3, -0.25) is 10.1 Å². The van der Waals surface area contributed by atoms with Crippen molar-refractivity contribution in [3.8, 4) is 0 Å². The maximum absolute atomic E-state index is 11.0. The lowest BCUT2D eigenvalue weighted by atomic mass is 10.2. The van der Waals surface area contributed by atoms with Gasteiger partial charge in [0.25, 0.3) is 5.69 Å². The molecule has 0 aliphatic rings. The van der Waals surface area contributed by atoms with Gasteiger partial charge in [0.1, 0.15) is 5.03 Å². The van der Waals surface area contributed by atoms with Crippen LogP contribution in [0.2, 0.25) is 0 Å². The highest BCUT2D eigenvalue weighted by Gasteiger charge is 2.15. The van der Waals surface area contributed by atoms with Gasteiger partial charge in [-0.15, -0.1) is 0 Å². The Kier molecular flexibility index (Phi) is 3.99. The zero-order chi connectivity index (χ0) is 14.7. The zero-order valence-electron chi connectivity index (χ0n) is 10.4. The van der Waals surface area contributed by atoms with E-state index < -0.39 is 10.9 Å². The molecule has 1 heterocycles. The van der Waals surface area contributed by atoms with Crippen LogP contribution in [0, 0.1) is 17.0 Å². The molecule has 0 aliphatic heterocycles. The van der Waals surface area contributed by atoms with Crippen LogP contribution in [0.15, 0.2) is 46.3 Å². The number of carboxylic acids is 1. The minimum absolute atomic E-state index is 0.0299. The standard InChI is InChI=1S/C13H10N2O4S/c1-8-6-9(13(16)17)7-12(14-8)20-11-5-3-2-4-10(11)15(18)19/h2-7H,1H3,(H,16,17). The fourth-order valence-corrected chi connectivity index (χ4v) is 2.62. The SMILES string of the molecule is Cc1cc(C(=O)O)cc(Sc2ccccc2[N+](=O)[O-])n1. The summed E-state index contributed by atoms with van der Waals surface area (Å²) in [5.41, 5.74) is 0.627. The van der Waals surface area contributed by atoms with Gasteiger partial charge in [0.05, 0.1) is 15.4 Å². The number of pyridine rings is 1. The maximum atomic E-state index is 11.0. The summed E-state index contributed by atoms with van der Waals surface area (Å²) in [6.07, 6.45) is 0. The monoisotopic (exact) mass is 290 g/mol. The molecule has 0 atom stereocenters. The summed E-state index contributed by atoms with van der Waals surface area (Å²) >= 11 is 1.07. The number of nitrogens with zero attached hydrogens (tertiary/aromatic N) is 2. The molecule has 2 aromatic rings. The first-order valence-electron chi connectivity index (χ1n) is 5.60. The molecular formula is C13H10N2O4S. The Morgan fingerprint density at radius 1 is 1.35 bits per heavy atom. The molecule has 0 fully saturated rings. The van der Waals surface area contributed by atoms with Crippen LogP contribution >= 0.6 is 11.8 Å². The average molecular weight is 290 g/mol. The van der Waals surface area contributed by atoms with Crippen LogP contribution < -0.4 is 0 Å². The van der Waals surface area contributed by atoms with Crippen molar-refractivity contribution in [1.82, 2.24) is 4.98 Å². The molecule has 0 radical (unpaired) electrons. The average Bonchev–Trinajstić information content (AvgIpc) is 2.38. The first-order chi connectivity index (χ1) is 9.47. The van der Waals surface area contributed by atoms with E-state index in [9.17, 15) is 14.9 Å². The number of hydrogen-bond donors (Lipinski definition) is 1. The molecule has 0 saturated heterocycles. The quantitative estimate of drug-likeness (QED) is 0.686. The van der Waals surface area contributed by atoms with Crippen LogP contribution in [0.3, 0.4) is 0 Å². The molecule has 102 valence electrons. The van der Waals surface area contributed by atoms with Gasteiger partial charge in [-0.2, -0.15) is 0 Å². The molecule has 7 heteroatoms. The lowest BCUT2D eigenvalue weighted by molar-refractivity contribution is -0.387. The molecule has 1 aromatic carbocycles. The summed E-state index contributed by atoms with van der Waals surface area (Å²) < 4.78 is 0. The number of aromatic carboxylic acids is 1. The van der Waals surface area contributed by atoms with Crippen molar-refractivity contribution in [2.24, 2.45) is 0 Å². The predicted molar refractivity (Wildman–Crippen MR) is 73.2 cm³/mol. The van der Waals surface area contributed by atoms with Crippen LogP contribution in [-0.4, -0.2) is 21.0 Å². The largest absolute Gasteiger partial charge is 0.478 e. The van der Waals surface area contributed by atoms with Crippen molar-refractivity contribution in [2.45, 2.75) is 16.8 Å². The van der Waals surface area contributed by atoms with E-state index >= 15 is 0 Å². The van der Waals surface area contributed by atoms with Crippen molar-refractivity contribution in [3.63, 3.8) is 0 Å². The summed E-state index contributed by atoms with van der Waals surface area (Å²) in [6, 6.07) is 9.11. The van der Waals surface area contributed by atoms with E-state index in [-0.39, 0.29) is 11.3 Å². The van der Waals surface area contributed by atoms with Gasteiger partial charge in [0, 0.05) is 11.8 Å². The second-order valence-corrected chi connectivity index (χ2v) is 5.03. The van der Waals surface area contributed by atoms with Gasteiger partial charge < -0.3 is 5.11 Å². The molecule has 1 N–H and O–H groups in total. The van der Waals surface area contributed by atoms with E-state index in [1.807, 2.05) is 0 Å². The molecular weight excluding hydrogens is 280 g/mol. The van der Waals surface area contributed by atoms with Crippen molar-refractivity contribution in [2.75, 3.05) is 0 Å². The summed E-state index contributed by atoms with van der Waals surface area (Å²) in [6.45, 7) is 1.68. The first kappa shape index (κ1) is 14.0. The zero-order valence-corrected chi connectivity index (χ0v) is 11.3. The van der Waals surface area contributed by atoms with Crippen LogP contribution in [0.5, 0.6) is 0 Å². The molecule has 2 rings (SSSR count). The molecule has 0 saturated carbocycles. The third-order valence-corrected chi connectivity index (χ3v) is 3.44. The van der Waals surface area contributed by atoms with E-state index in [0.29, 0.717) is 15.6 Å². The molecule has 20 heavy (non-hydrogen) atoms. The summed E-state index contributed by atoms with van der Waals surface area (Å²) in [4.78, 5) is 26.1. The highest BCUT2D eigenvalue weighted by molar-refractivity contribution is 7.99. The first-order valence-corrected chi connectivity index (χ1v) is 6.42. The number of carbonyl (C=O) groups is 1. The molecule has 1 aromatic heterocycles. The Morgan fingerprint density at radius 2 is 2.05 bits per heavy atom. The molecule has 0 amide bonds. The fraction of sp³-hybridized carbons (Fsp3) is 0.0769. The van der Waals surface area contributed by atoms with Gasteiger partial charge in [-0.25, -0.2) is 9.78 Å². The number of nitro benzene ring substituents is 1. The van der Waals surface area contributed by atoms with E-state index in [4.69, 9.17) is 5.11 Å². The number of carboxylic acid groups (broad SMARTS) is 1. The Bertz CT molecular complexity index is 688. The topological polar surface area (TPSA) is 93.3 Å². The third kappa shape index (κ3) is 3.12. The third-order valence-electron chi connectivity index (χ3n) is 2.45. The smallest absolute Gasteiger partial charge is 0.335 e. The number of para-hydroxylation sites is 1. The van der Waals surface area contributed by atoms with E-state index in [2.05, 4.69) is 4.98 Å². The minimum Gasteiger partial charge on any atom is -0.478 e. The van der Waals surface area contributed by atoms with Crippen molar-refractivity contribution < 1.29 is 14.8 Å². The van der Waals surface area contributed by atoms with Gasteiger partial charge in [-0.05, 0) is 25.1 Å². The number of nitro groups is 1. The molecule has 6 nitrogen and oxygen atoms in total. The highest BCUT2D eigenvalue weighted by atomic mass is 32.2. The predicted octanol–water partition coefficient (Wildman–Crippen LogP) is 3.15. The maximum Gasteiger partial charge on any atom is 0.335 e. The van der Waals surface area contributed by atoms with Crippen LogP contribution in [0.1, 0.15) is 16.1 Å². The Morgan fingerprint density at radius 3 is 2.70 bits per heavy atom. The summed E-state index contributed by atoms with van der Waals surface area (Å²) in [7, 11) is 0. The normalized spacial score (nSPS) is 10.2. The Labute approximate surface area is 118 Å². The van der Waals surface area contributed by atoms with Crippen LogP contribution in [-0.2, 0) is 0 Å². The number of hydrogen-bond acceptors (Lipinski definition) is 5. The van der Waals surface area contributed by atoms with Gasteiger partial charge in [0.2, 0.25) is 0 Å². The molecule has 0 aliphatic carbocycles. The van der Waals surface area contributed by atoms with Crippen molar-refractivity contribution in [3.05, 3.63) is 57.8 Å². The number of aromatic nitrogens is 1. The summed E-state index contributed by atoms with van der Waals surface area (Å²) in [5.74, 6) is -1.06. The van der Waals surface area contributed by atoms with E-state index in [0.717, 1.165) is 11.8 Å². The number of rotatable bonds is 4. The lowest BCUT2D eigenvalue weighted by Crippen LogP contribution is -1.99. The van der Waals surface area contributed by atoms with Crippen molar-refractivity contribution >= 4 is 23.4 Å². The molecule has 0 spiro atoms. The van der Waals surface area contributed by atoms with Crippen LogP contribution in [0.25, 0.3) is 0 Å². The number of benzene rings is 1. The second-order valence-electron chi connectivity index (χ2n) is 3.97.